The second-order valence-electron chi connectivity index (χ2n) is 6.36. The van der Waals surface area contributed by atoms with Crippen LogP contribution in [0.25, 0.3) is 0 Å². The molecule has 2 N–H and O–H groups in total. The molecular weight excluding hydrogens is 328 g/mol. The maximum atomic E-state index is 11.9. The Morgan fingerprint density at radius 3 is 2.25 bits per heavy atom. The first-order valence-corrected chi connectivity index (χ1v) is 8.59. The molecule has 0 unspecified atom stereocenters. The molecule has 3 amide bonds. The van der Waals surface area contributed by atoms with Crippen LogP contribution in [0.1, 0.15) is 19.4 Å². The van der Waals surface area contributed by atoms with Gasteiger partial charge < -0.3 is 5.32 Å². The van der Waals surface area contributed by atoms with Crippen LogP contribution in [-0.4, -0.2) is 60.5 Å². The minimum absolute atomic E-state index is 0.00853. The van der Waals surface area contributed by atoms with Gasteiger partial charge in [-0.3, -0.25) is 19.9 Å². The minimum atomic E-state index is -0.434. The number of rotatable bonds is 5. The highest BCUT2D eigenvalue weighted by molar-refractivity contribution is 6.30. The molecule has 0 radical (unpaired) electrons. The number of hydrogen-bond acceptors (Lipinski definition) is 4. The summed E-state index contributed by atoms with van der Waals surface area (Å²) in [5, 5.41) is 5.75. The number of piperazine rings is 1. The van der Waals surface area contributed by atoms with Crippen molar-refractivity contribution in [3.8, 4) is 0 Å². The van der Waals surface area contributed by atoms with E-state index < -0.39 is 6.03 Å². The number of nitrogens with one attached hydrogen (secondary N) is 2. The van der Waals surface area contributed by atoms with E-state index in [2.05, 4.69) is 20.4 Å². The van der Waals surface area contributed by atoms with Crippen molar-refractivity contribution in [2.75, 3.05) is 32.7 Å². The molecule has 1 aromatic rings. The highest BCUT2D eigenvalue weighted by Gasteiger charge is 2.20. The Bertz CT molecular complexity index is 554. The van der Waals surface area contributed by atoms with Crippen molar-refractivity contribution >= 4 is 23.5 Å². The molecule has 132 valence electrons. The van der Waals surface area contributed by atoms with Crippen molar-refractivity contribution < 1.29 is 9.59 Å². The van der Waals surface area contributed by atoms with E-state index in [-0.39, 0.29) is 18.5 Å². The van der Waals surface area contributed by atoms with Crippen molar-refractivity contribution in [1.29, 1.82) is 0 Å². The van der Waals surface area contributed by atoms with E-state index in [1.165, 1.54) is 5.56 Å². The molecule has 6 nitrogen and oxygen atoms in total. The average Bonchev–Trinajstić information content (AvgIpc) is 2.50. The average molecular weight is 353 g/mol. The number of carbonyl (C=O) groups is 2. The Morgan fingerprint density at radius 1 is 1.08 bits per heavy atom. The summed E-state index contributed by atoms with van der Waals surface area (Å²) < 4.78 is 0. The van der Waals surface area contributed by atoms with Gasteiger partial charge in [0.15, 0.2) is 0 Å². The summed E-state index contributed by atoms with van der Waals surface area (Å²) in [6.07, 6.45) is 0. The topological polar surface area (TPSA) is 64.7 Å². The lowest BCUT2D eigenvalue weighted by atomic mass is 10.2. The van der Waals surface area contributed by atoms with E-state index in [9.17, 15) is 9.59 Å². The number of nitrogens with zero attached hydrogens (tertiary/aromatic N) is 2. The lowest BCUT2D eigenvalue weighted by molar-refractivity contribution is -0.121. The molecule has 1 saturated heterocycles. The maximum absolute atomic E-state index is 11.9. The molecule has 1 aliphatic heterocycles. The fourth-order valence-corrected chi connectivity index (χ4v) is 2.75. The fourth-order valence-electron chi connectivity index (χ4n) is 2.62. The van der Waals surface area contributed by atoms with Crippen LogP contribution in [0.3, 0.4) is 0 Å². The molecule has 0 aliphatic carbocycles. The van der Waals surface area contributed by atoms with Crippen LogP contribution in [0.15, 0.2) is 24.3 Å². The minimum Gasteiger partial charge on any atom is -0.336 e. The van der Waals surface area contributed by atoms with Crippen LogP contribution in [0.4, 0.5) is 4.79 Å². The molecule has 0 bridgehead atoms. The van der Waals surface area contributed by atoms with E-state index in [4.69, 9.17) is 11.6 Å². The number of urea groups is 1. The summed E-state index contributed by atoms with van der Waals surface area (Å²) in [7, 11) is 0. The van der Waals surface area contributed by atoms with E-state index in [1.54, 1.807) is 0 Å². The Morgan fingerprint density at radius 2 is 1.67 bits per heavy atom. The van der Waals surface area contributed by atoms with Gasteiger partial charge in [-0.2, -0.15) is 0 Å². The monoisotopic (exact) mass is 352 g/mol. The fraction of sp³-hybridized carbons (Fsp3) is 0.529. The molecule has 2 rings (SSSR count). The Balaban J connectivity index is 1.69. The van der Waals surface area contributed by atoms with Crippen molar-refractivity contribution in [2.24, 2.45) is 0 Å². The van der Waals surface area contributed by atoms with Gasteiger partial charge in [0.1, 0.15) is 0 Å². The molecule has 0 aromatic heterocycles. The first-order valence-electron chi connectivity index (χ1n) is 8.22. The zero-order valence-corrected chi connectivity index (χ0v) is 15.0. The maximum Gasteiger partial charge on any atom is 0.321 e. The van der Waals surface area contributed by atoms with Crippen molar-refractivity contribution in [2.45, 2.75) is 26.4 Å². The summed E-state index contributed by atoms with van der Waals surface area (Å²) in [5.41, 5.74) is 1.23. The summed E-state index contributed by atoms with van der Waals surface area (Å²) in [6, 6.07) is 7.45. The Hall–Kier alpha value is -1.63. The van der Waals surface area contributed by atoms with Gasteiger partial charge in [-0.25, -0.2) is 4.79 Å². The summed E-state index contributed by atoms with van der Waals surface area (Å²) >= 11 is 5.90. The molecule has 1 aliphatic rings. The SMILES string of the molecule is CC(C)NC(=O)NC(=O)CN1CCN(Cc2ccc(Cl)cc2)CC1. The van der Waals surface area contributed by atoms with E-state index in [0.717, 1.165) is 37.7 Å². The van der Waals surface area contributed by atoms with Crippen LogP contribution < -0.4 is 10.6 Å². The van der Waals surface area contributed by atoms with Crippen LogP contribution in [-0.2, 0) is 11.3 Å². The van der Waals surface area contributed by atoms with E-state index >= 15 is 0 Å². The lowest BCUT2D eigenvalue weighted by Crippen LogP contribution is -2.51. The molecule has 0 spiro atoms. The molecule has 7 heteroatoms. The largest absolute Gasteiger partial charge is 0.336 e. The third-order valence-corrected chi connectivity index (χ3v) is 4.08. The highest BCUT2D eigenvalue weighted by atomic mass is 35.5. The summed E-state index contributed by atoms with van der Waals surface area (Å²) in [6.45, 7) is 8.25. The molecule has 1 aromatic carbocycles. The number of hydrogen-bond donors (Lipinski definition) is 2. The molecule has 0 saturated carbocycles. The number of carbonyl (C=O) groups excluding carboxylic acids is 2. The lowest BCUT2D eigenvalue weighted by Gasteiger charge is -2.34. The molecular formula is C17H25ClN4O2. The van der Waals surface area contributed by atoms with E-state index in [1.807, 2.05) is 38.1 Å². The third kappa shape index (κ3) is 6.47. The predicted molar refractivity (Wildman–Crippen MR) is 95.0 cm³/mol. The van der Waals surface area contributed by atoms with Gasteiger partial charge in [-0.05, 0) is 31.5 Å². The van der Waals surface area contributed by atoms with Crippen molar-refractivity contribution in [3.05, 3.63) is 34.9 Å². The molecule has 24 heavy (non-hydrogen) atoms. The van der Waals surface area contributed by atoms with Gasteiger partial charge in [-0.1, -0.05) is 23.7 Å². The smallest absolute Gasteiger partial charge is 0.321 e. The Kier molecular flexibility index (Phi) is 7.02. The van der Waals surface area contributed by atoms with Crippen molar-refractivity contribution in [1.82, 2.24) is 20.4 Å². The standard InChI is InChI=1S/C17H25ClN4O2/c1-13(2)19-17(24)20-16(23)12-22-9-7-21(8-10-22)11-14-3-5-15(18)6-4-14/h3-6,13H,7-12H2,1-2H3,(H2,19,20,23,24). The number of benzene rings is 1. The van der Waals surface area contributed by atoms with Crippen molar-refractivity contribution in [3.63, 3.8) is 0 Å². The van der Waals surface area contributed by atoms with Crippen LogP contribution in [0, 0.1) is 0 Å². The zero-order valence-electron chi connectivity index (χ0n) is 14.2. The summed E-state index contributed by atoms with van der Waals surface area (Å²) in [5.74, 6) is -0.265. The van der Waals surface area contributed by atoms with Crippen LogP contribution in [0.5, 0.6) is 0 Å². The number of amides is 3. The molecule has 1 fully saturated rings. The number of halogens is 1. The highest BCUT2D eigenvalue weighted by Crippen LogP contribution is 2.12. The zero-order chi connectivity index (χ0) is 17.5. The second-order valence-corrected chi connectivity index (χ2v) is 6.79. The third-order valence-electron chi connectivity index (χ3n) is 3.82. The predicted octanol–water partition coefficient (Wildman–Crippen LogP) is 1.69. The quantitative estimate of drug-likeness (QED) is 0.846. The number of imide groups is 1. The normalized spacial score (nSPS) is 16.2. The van der Waals surface area contributed by atoms with Gasteiger partial charge in [-0.15, -0.1) is 0 Å². The molecule has 0 atom stereocenters. The first-order chi connectivity index (χ1) is 11.4. The first kappa shape index (κ1) is 18.7. The van der Waals surface area contributed by atoms with Gasteiger partial charge in [0.05, 0.1) is 6.54 Å². The molecule has 1 heterocycles. The van der Waals surface area contributed by atoms with Gasteiger partial charge >= 0.3 is 6.03 Å². The second kappa shape index (κ2) is 9.01. The summed E-state index contributed by atoms with van der Waals surface area (Å²) in [4.78, 5) is 27.8. The van der Waals surface area contributed by atoms with Gasteiger partial charge in [0.2, 0.25) is 5.91 Å². The van der Waals surface area contributed by atoms with Gasteiger partial charge in [0.25, 0.3) is 0 Å². The van der Waals surface area contributed by atoms with Gasteiger partial charge in [0, 0.05) is 43.8 Å². The van der Waals surface area contributed by atoms with E-state index in [0.29, 0.717) is 0 Å². The van der Waals surface area contributed by atoms with Crippen LogP contribution in [0.2, 0.25) is 5.02 Å². The Labute approximate surface area is 148 Å². The van der Waals surface area contributed by atoms with Crippen LogP contribution >= 0.6 is 11.6 Å².